The van der Waals surface area contributed by atoms with Gasteiger partial charge in [-0.2, -0.15) is 4.98 Å². The highest BCUT2D eigenvalue weighted by Gasteiger charge is 2.22. The predicted octanol–water partition coefficient (Wildman–Crippen LogP) is 5.14. The quantitative estimate of drug-likeness (QED) is 0.314. The van der Waals surface area contributed by atoms with E-state index in [1.54, 1.807) is 12.1 Å². The van der Waals surface area contributed by atoms with Crippen LogP contribution in [0.3, 0.4) is 0 Å². The van der Waals surface area contributed by atoms with Crippen LogP contribution in [0.15, 0.2) is 45.1 Å². The standard InChI is InChI=1S/C24H30N4O5S2/c1-16(14-17-8-4-2-3-5-9-17)25-15-18-10-6-7-11-19(18)28-35(31,32)21-13-12-20(34-21)22-26-23(24(29)30)33-27-22/h6-7,10-13,16-17,25,28H,2-5,8-9,14-15H2,1H3,(H,29,30)/t16-/m0/s1. The minimum absolute atomic E-state index is 0.0288. The molecule has 2 aromatic heterocycles. The third-order valence-corrected chi connectivity index (χ3v) is 9.18. The summed E-state index contributed by atoms with van der Waals surface area (Å²) in [5.74, 6) is -1.11. The molecule has 3 N–H and O–H groups in total. The largest absolute Gasteiger partial charge is 0.474 e. The lowest BCUT2D eigenvalue weighted by atomic mass is 9.93. The number of hydrogen-bond donors (Lipinski definition) is 3. The molecule has 0 unspecified atom stereocenters. The van der Waals surface area contributed by atoms with Crippen molar-refractivity contribution in [3.63, 3.8) is 0 Å². The Morgan fingerprint density at radius 1 is 1.17 bits per heavy atom. The van der Waals surface area contributed by atoms with Crippen LogP contribution in [0.25, 0.3) is 10.7 Å². The minimum Gasteiger partial charge on any atom is -0.474 e. The molecule has 188 valence electrons. The van der Waals surface area contributed by atoms with Crippen LogP contribution < -0.4 is 10.0 Å². The molecule has 1 aromatic carbocycles. The molecule has 1 atom stereocenters. The number of carboxylic acid groups (broad SMARTS) is 1. The van der Waals surface area contributed by atoms with Gasteiger partial charge in [-0.15, -0.1) is 11.3 Å². The highest BCUT2D eigenvalue weighted by Crippen LogP contribution is 2.31. The first kappa shape index (κ1) is 25.3. The summed E-state index contributed by atoms with van der Waals surface area (Å²) in [4.78, 5) is 15.1. The lowest BCUT2D eigenvalue weighted by molar-refractivity contribution is 0.0643. The zero-order valence-electron chi connectivity index (χ0n) is 19.6. The number of hydrogen-bond acceptors (Lipinski definition) is 8. The molecule has 2 heterocycles. The number of thiophene rings is 1. The van der Waals surface area contributed by atoms with Crippen molar-refractivity contribution in [2.75, 3.05) is 4.72 Å². The highest BCUT2D eigenvalue weighted by molar-refractivity contribution is 7.94. The Morgan fingerprint density at radius 3 is 2.63 bits per heavy atom. The van der Waals surface area contributed by atoms with Crippen LogP contribution in [0.5, 0.6) is 0 Å². The number of rotatable bonds is 10. The van der Waals surface area contributed by atoms with E-state index in [-0.39, 0.29) is 10.0 Å². The molecular formula is C24H30N4O5S2. The topological polar surface area (TPSA) is 134 Å². The van der Waals surface area contributed by atoms with Crippen LogP contribution in [0, 0.1) is 5.92 Å². The van der Waals surface area contributed by atoms with E-state index >= 15 is 0 Å². The third-order valence-electron chi connectivity index (χ3n) is 6.24. The summed E-state index contributed by atoms with van der Waals surface area (Å²) in [5.41, 5.74) is 1.38. The summed E-state index contributed by atoms with van der Waals surface area (Å²) in [6.45, 7) is 2.75. The number of nitrogens with zero attached hydrogens (tertiary/aromatic N) is 2. The molecule has 0 saturated heterocycles. The lowest BCUT2D eigenvalue weighted by Gasteiger charge is -2.21. The van der Waals surface area contributed by atoms with Crippen molar-refractivity contribution in [2.45, 2.75) is 68.7 Å². The van der Waals surface area contributed by atoms with Crippen LogP contribution in [0.2, 0.25) is 0 Å². The van der Waals surface area contributed by atoms with Crippen LogP contribution in [-0.4, -0.2) is 35.7 Å². The number of para-hydroxylation sites is 1. The predicted molar refractivity (Wildman–Crippen MR) is 134 cm³/mol. The Morgan fingerprint density at radius 2 is 1.91 bits per heavy atom. The first-order valence-electron chi connectivity index (χ1n) is 11.8. The third kappa shape index (κ3) is 6.68. The fraction of sp³-hybridized carbons (Fsp3) is 0.458. The van der Waals surface area contributed by atoms with Gasteiger partial charge in [0.15, 0.2) is 0 Å². The van der Waals surface area contributed by atoms with Gasteiger partial charge in [0.2, 0.25) is 5.82 Å². The Kier molecular flexibility index (Phi) is 8.19. The summed E-state index contributed by atoms with van der Waals surface area (Å²) in [5, 5.41) is 16.1. The van der Waals surface area contributed by atoms with Crippen molar-refractivity contribution in [3.8, 4) is 10.7 Å². The maximum absolute atomic E-state index is 13.1. The molecule has 1 aliphatic rings. The van der Waals surface area contributed by atoms with E-state index in [0.717, 1.165) is 29.2 Å². The van der Waals surface area contributed by atoms with Gasteiger partial charge in [-0.05, 0) is 43.0 Å². The second kappa shape index (κ2) is 11.3. The molecule has 1 saturated carbocycles. The molecule has 0 amide bonds. The fourth-order valence-corrected chi connectivity index (χ4v) is 6.76. The van der Waals surface area contributed by atoms with Gasteiger partial charge in [-0.25, -0.2) is 13.2 Å². The maximum Gasteiger partial charge on any atom is 0.394 e. The molecular weight excluding hydrogens is 488 g/mol. The Hall–Kier alpha value is -2.76. The van der Waals surface area contributed by atoms with Crippen LogP contribution >= 0.6 is 11.3 Å². The lowest BCUT2D eigenvalue weighted by Crippen LogP contribution is -2.28. The van der Waals surface area contributed by atoms with Gasteiger partial charge < -0.3 is 14.9 Å². The normalized spacial score (nSPS) is 16.0. The van der Waals surface area contributed by atoms with Crippen molar-refractivity contribution in [2.24, 2.45) is 5.92 Å². The number of carbonyl (C=O) groups is 1. The molecule has 0 aliphatic heterocycles. The van der Waals surface area contributed by atoms with Gasteiger partial charge in [0.25, 0.3) is 10.0 Å². The number of sulfonamides is 1. The molecule has 0 radical (unpaired) electrons. The van der Waals surface area contributed by atoms with Crippen LogP contribution in [0.1, 0.15) is 68.1 Å². The molecule has 3 aromatic rings. The van der Waals surface area contributed by atoms with E-state index in [0.29, 0.717) is 23.2 Å². The molecule has 9 nitrogen and oxygen atoms in total. The monoisotopic (exact) mass is 518 g/mol. The first-order chi connectivity index (χ1) is 16.8. The van der Waals surface area contributed by atoms with E-state index in [1.807, 2.05) is 12.1 Å². The first-order valence-corrected chi connectivity index (χ1v) is 14.1. The zero-order valence-corrected chi connectivity index (χ0v) is 21.2. The van der Waals surface area contributed by atoms with E-state index in [1.165, 1.54) is 50.7 Å². The van der Waals surface area contributed by atoms with Gasteiger partial charge in [0, 0.05) is 12.6 Å². The SMILES string of the molecule is C[C@@H](CC1CCCCCC1)NCc1ccccc1NS(=O)(=O)c1ccc(-c2noc(C(=O)O)n2)s1. The second-order valence-electron chi connectivity index (χ2n) is 8.98. The molecule has 0 bridgehead atoms. The van der Waals surface area contributed by atoms with Crippen LogP contribution in [-0.2, 0) is 16.6 Å². The summed E-state index contributed by atoms with van der Waals surface area (Å²) in [6.07, 6.45) is 9.05. The average molecular weight is 519 g/mol. The van der Waals surface area contributed by atoms with Crippen LogP contribution in [0.4, 0.5) is 5.69 Å². The maximum atomic E-state index is 13.1. The number of anilines is 1. The molecule has 1 aliphatic carbocycles. The van der Waals surface area contributed by atoms with Gasteiger partial charge in [-0.3, -0.25) is 4.72 Å². The fourth-order valence-electron chi connectivity index (χ4n) is 4.43. The van der Waals surface area contributed by atoms with Gasteiger partial charge >= 0.3 is 11.9 Å². The molecule has 1 fully saturated rings. The van der Waals surface area contributed by atoms with Gasteiger partial charge in [0.05, 0.1) is 10.6 Å². The molecule has 11 heteroatoms. The van der Waals surface area contributed by atoms with Crippen molar-refractivity contribution in [1.82, 2.24) is 15.5 Å². The number of aromatic carboxylic acids is 1. The summed E-state index contributed by atoms with van der Waals surface area (Å²) < 4.78 is 33.5. The van der Waals surface area contributed by atoms with E-state index in [9.17, 15) is 13.2 Å². The number of benzene rings is 1. The van der Waals surface area contributed by atoms with E-state index in [2.05, 4.69) is 31.6 Å². The zero-order chi connectivity index (χ0) is 24.8. The number of aromatic nitrogens is 2. The minimum atomic E-state index is -3.86. The van der Waals surface area contributed by atoms with E-state index < -0.39 is 21.9 Å². The molecule has 4 rings (SSSR count). The molecule has 0 spiro atoms. The Bertz CT molecular complexity index is 1250. The number of nitrogens with one attached hydrogen (secondary N) is 2. The molecule has 35 heavy (non-hydrogen) atoms. The van der Waals surface area contributed by atoms with Crippen molar-refractivity contribution in [1.29, 1.82) is 0 Å². The number of carboxylic acids is 1. The second-order valence-corrected chi connectivity index (χ2v) is 12.0. The summed E-state index contributed by atoms with van der Waals surface area (Å²) in [6, 6.07) is 10.7. The smallest absolute Gasteiger partial charge is 0.394 e. The van der Waals surface area contributed by atoms with Crippen molar-refractivity contribution in [3.05, 3.63) is 47.9 Å². The van der Waals surface area contributed by atoms with E-state index in [4.69, 9.17) is 5.11 Å². The summed E-state index contributed by atoms with van der Waals surface area (Å²) >= 11 is 0.938. The Balaban J connectivity index is 1.41. The van der Waals surface area contributed by atoms with Gasteiger partial charge in [0.1, 0.15) is 4.21 Å². The average Bonchev–Trinajstić information content (AvgIpc) is 3.45. The Labute approximate surface area is 209 Å². The van der Waals surface area contributed by atoms with Crippen molar-refractivity contribution < 1.29 is 22.8 Å². The summed E-state index contributed by atoms with van der Waals surface area (Å²) in [7, 11) is -3.86. The van der Waals surface area contributed by atoms with Gasteiger partial charge in [-0.1, -0.05) is 61.9 Å². The highest BCUT2D eigenvalue weighted by atomic mass is 32.2. The van der Waals surface area contributed by atoms with Crippen molar-refractivity contribution >= 4 is 33.0 Å².